The fourth-order valence-corrected chi connectivity index (χ4v) is 6.19. The summed E-state index contributed by atoms with van der Waals surface area (Å²) >= 11 is 0. The first-order valence-corrected chi connectivity index (χ1v) is 13.7. The van der Waals surface area contributed by atoms with E-state index in [0.29, 0.717) is 0 Å². The first kappa shape index (κ1) is 28.9. The lowest BCUT2D eigenvalue weighted by atomic mass is 9.93. The Bertz CT molecular complexity index is 1370. The Hall–Kier alpha value is -3.13. The number of aromatic nitrogens is 3. The molecule has 2 aromatic heterocycles. The van der Waals surface area contributed by atoms with Gasteiger partial charge in [0.1, 0.15) is 41.7 Å². The zero-order valence-corrected chi connectivity index (χ0v) is 22.6. The second-order valence-electron chi connectivity index (χ2n) is 9.29. The monoisotopic (exact) mass is 567 g/mol. The minimum atomic E-state index is -4.32. The van der Waals surface area contributed by atoms with Crippen LogP contribution in [0.25, 0.3) is 11.0 Å². The van der Waals surface area contributed by atoms with Crippen LogP contribution in [0.1, 0.15) is 33.4 Å². The molecule has 1 aliphatic rings. The quantitative estimate of drug-likeness (QED) is 0.208. The molecule has 0 bridgehead atoms. The Labute approximate surface area is 223 Å². The third-order valence-electron chi connectivity index (χ3n) is 6.46. The predicted molar refractivity (Wildman–Crippen MR) is 137 cm³/mol. The second kappa shape index (κ2) is 11.2. The van der Waals surface area contributed by atoms with Gasteiger partial charge in [-0.2, -0.15) is 5.09 Å². The van der Waals surface area contributed by atoms with Crippen molar-refractivity contribution in [3.05, 3.63) is 48.7 Å². The van der Waals surface area contributed by atoms with Crippen molar-refractivity contribution in [2.75, 3.05) is 12.8 Å². The number of ether oxygens (including phenoxy) is 2. The maximum absolute atomic E-state index is 14.7. The largest absolute Gasteiger partial charge is 0.468 e. The van der Waals surface area contributed by atoms with E-state index in [1.54, 1.807) is 37.3 Å². The van der Waals surface area contributed by atoms with E-state index in [4.69, 9.17) is 24.3 Å². The number of nitrogen functional groups attached to an aromatic ring is 1. The van der Waals surface area contributed by atoms with Crippen LogP contribution in [0.2, 0.25) is 0 Å². The molecule has 1 aliphatic heterocycles. The van der Waals surface area contributed by atoms with Crippen LogP contribution in [0.15, 0.2) is 42.9 Å². The maximum atomic E-state index is 14.7. The van der Waals surface area contributed by atoms with Gasteiger partial charge in [0.15, 0.2) is 17.7 Å². The zero-order valence-electron chi connectivity index (χ0n) is 21.7. The average Bonchev–Trinajstić information content (AvgIpc) is 3.35. The van der Waals surface area contributed by atoms with E-state index < -0.39 is 55.7 Å². The summed E-state index contributed by atoms with van der Waals surface area (Å²) < 4.78 is 52.2. The van der Waals surface area contributed by atoms with Crippen LogP contribution < -0.4 is 15.3 Å². The van der Waals surface area contributed by atoms with Crippen LogP contribution in [-0.2, 0) is 23.4 Å². The molecule has 7 atom stereocenters. The van der Waals surface area contributed by atoms with Gasteiger partial charge in [0.2, 0.25) is 0 Å². The number of nitrogens with one attached hydrogen (secondary N) is 1. The lowest BCUT2D eigenvalue weighted by Crippen LogP contribution is -2.47. The number of aliphatic hydroxyl groups excluding tert-OH is 1. The Morgan fingerprint density at radius 3 is 2.69 bits per heavy atom. The molecule has 0 amide bonds. The van der Waals surface area contributed by atoms with Gasteiger partial charge in [-0.25, -0.2) is 18.9 Å². The van der Waals surface area contributed by atoms with Gasteiger partial charge in [-0.05, 0) is 32.4 Å². The third kappa shape index (κ3) is 5.62. The molecule has 7 unspecified atom stereocenters. The molecular formula is C24H31FN5O8P. The number of aliphatic hydroxyl groups is 2. The van der Waals surface area contributed by atoms with Crippen LogP contribution in [0, 0.1) is 5.82 Å². The first-order chi connectivity index (χ1) is 18.4. The number of carbonyl (C=O) groups excluding carboxylic acids is 1. The number of hydrogen-bond acceptors (Lipinski definition) is 11. The van der Waals surface area contributed by atoms with Gasteiger partial charge in [0, 0.05) is 6.20 Å². The number of fused-ring (bicyclic) bond motifs is 1. The molecule has 3 aromatic rings. The minimum absolute atomic E-state index is 0.0405. The Morgan fingerprint density at radius 2 is 2.05 bits per heavy atom. The number of anilines is 1. The summed E-state index contributed by atoms with van der Waals surface area (Å²) in [7, 11) is -3.14. The van der Waals surface area contributed by atoms with Gasteiger partial charge in [-0.3, -0.25) is 13.9 Å². The lowest BCUT2D eigenvalue weighted by Gasteiger charge is -2.30. The Balaban J connectivity index is 1.66. The van der Waals surface area contributed by atoms with Gasteiger partial charge in [0.05, 0.1) is 18.6 Å². The summed E-state index contributed by atoms with van der Waals surface area (Å²) in [6.45, 7) is 4.40. The summed E-state index contributed by atoms with van der Waals surface area (Å²) in [6.07, 6.45) is -3.02. The number of hydrogen-bond donors (Lipinski definition) is 4. The van der Waals surface area contributed by atoms with Crippen LogP contribution in [0.5, 0.6) is 5.75 Å². The molecule has 0 radical (unpaired) electrons. The normalized spacial score (nSPS) is 26.2. The van der Waals surface area contributed by atoms with Gasteiger partial charge >= 0.3 is 13.7 Å². The van der Waals surface area contributed by atoms with Gasteiger partial charge in [0.25, 0.3) is 0 Å². The average molecular weight is 568 g/mol. The predicted octanol–water partition coefficient (Wildman–Crippen LogP) is 2.30. The van der Waals surface area contributed by atoms with Crippen LogP contribution in [0.3, 0.4) is 0 Å². The Kier molecular flexibility index (Phi) is 8.26. The van der Waals surface area contributed by atoms with Crippen LogP contribution in [-0.4, -0.2) is 67.8 Å². The number of esters is 1. The molecule has 13 nitrogen and oxygen atoms in total. The molecule has 212 valence electrons. The fourth-order valence-electron chi connectivity index (χ4n) is 4.43. The zero-order chi connectivity index (χ0) is 28.5. The van der Waals surface area contributed by atoms with Crippen molar-refractivity contribution in [2.24, 2.45) is 0 Å². The summed E-state index contributed by atoms with van der Waals surface area (Å²) in [4.78, 5) is 19.9. The molecule has 4 rings (SSSR count). The number of rotatable bonds is 10. The van der Waals surface area contributed by atoms with E-state index in [0.717, 1.165) is 12.5 Å². The van der Waals surface area contributed by atoms with E-state index >= 15 is 0 Å². The maximum Gasteiger partial charge on any atom is 0.459 e. The van der Waals surface area contributed by atoms with Gasteiger partial charge in [-0.1, -0.05) is 25.1 Å². The first-order valence-electron chi connectivity index (χ1n) is 12.1. The molecule has 39 heavy (non-hydrogen) atoms. The molecule has 1 aromatic carbocycles. The SMILES string of the molecule is CCC(OP(=O)(NC(C)C(=O)OC)Oc1ccccc1)C1OC(n2cc(F)c3c(N)ncnc32)C(C)(O)C1O. The number of nitrogens with zero attached hydrogens (tertiary/aromatic N) is 3. The molecule has 1 saturated heterocycles. The lowest BCUT2D eigenvalue weighted by molar-refractivity contribution is -0.142. The van der Waals surface area contributed by atoms with Crippen molar-refractivity contribution in [1.82, 2.24) is 19.6 Å². The topological polar surface area (TPSA) is 180 Å². The fraction of sp³-hybridized carbons (Fsp3) is 0.458. The van der Waals surface area contributed by atoms with Crippen molar-refractivity contribution in [2.45, 2.75) is 63.4 Å². The number of para-hydroxylation sites is 1. The van der Waals surface area contributed by atoms with E-state index in [1.807, 2.05) is 0 Å². The number of benzene rings is 1. The molecule has 15 heteroatoms. The molecule has 1 fully saturated rings. The minimum Gasteiger partial charge on any atom is -0.468 e. The summed E-state index contributed by atoms with van der Waals surface area (Å²) in [6, 6.07) is 7.04. The highest BCUT2D eigenvalue weighted by Crippen LogP contribution is 2.50. The van der Waals surface area contributed by atoms with Crippen LogP contribution >= 0.6 is 7.75 Å². The highest BCUT2D eigenvalue weighted by Gasteiger charge is 2.57. The molecule has 0 aliphatic carbocycles. The van der Waals surface area contributed by atoms with Crippen molar-refractivity contribution >= 4 is 30.6 Å². The third-order valence-corrected chi connectivity index (χ3v) is 8.16. The number of carbonyl (C=O) groups is 1. The van der Waals surface area contributed by atoms with Crippen molar-refractivity contribution < 1.29 is 42.5 Å². The molecule has 5 N–H and O–H groups in total. The standard InChI is InChI=1S/C24H31FN5O8P/c1-5-16(38-39(34,29-13(2)22(32)35-4)37-14-9-7-6-8-10-14)18-19(31)24(3,33)23(36-18)30-11-15(25)17-20(26)27-12-28-21(17)30/h6-13,16,18-19,23,31,33H,5H2,1-4H3,(H,29,34)(H2,26,27,28). The highest BCUT2D eigenvalue weighted by atomic mass is 31.2. The Morgan fingerprint density at radius 1 is 1.36 bits per heavy atom. The van der Waals surface area contributed by atoms with E-state index in [9.17, 15) is 24.0 Å². The smallest absolute Gasteiger partial charge is 0.459 e. The summed E-state index contributed by atoms with van der Waals surface area (Å²) in [5.74, 6) is -1.38. The van der Waals surface area contributed by atoms with Gasteiger partial charge < -0.3 is 29.9 Å². The van der Waals surface area contributed by atoms with Crippen molar-refractivity contribution in [3.8, 4) is 5.75 Å². The van der Waals surface area contributed by atoms with E-state index in [-0.39, 0.29) is 29.0 Å². The summed E-state index contributed by atoms with van der Waals surface area (Å²) in [5, 5.41) is 24.9. The molecule has 0 saturated carbocycles. The second-order valence-corrected chi connectivity index (χ2v) is 10.9. The van der Waals surface area contributed by atoms with Crippen molar-refractivity contribution in [3.63, 3.8) is 0 Å². The molecule has 3 heterocycles. The van der Waals surface area contributed by atoms with E-state index in [2.05, 4.69) is 15.1 Å². The summed E-state index contributed by atoms with van der Waals surface area (Å²) in [5.41, 5.74) is 3.87. The molecule has 0 spiro atoms. The van der Waals surface area contributed by atoms with Gasteiger partial charge in [-0.15, -0.1) is 0 Å². The van der Waals surface area contributed by atoms with E-state index in [1.165, 1.54) is 25.5 Å². The molecular weight excluding hydrogens is 536 g/mol. The highest BCUT2D eigenvalue weighted by molar-refractivity contribution is 7.52. The number of methoxy groups -OCH3 is 1. The number of nitrogens with two attached hydrogens (primary N) is 1. The number of halogens is 1. The van der Waals surface area contributed by atoms with Crippen LogP contribution in [0.4, 0.5) is 10.2 Å². The van der Waals surface area contributed by atoms with Crippen molar-refractivity contribution in [1.29, 1.82) is 0 Å².